The van der Waals surface area contributed by atoms with E-state index in [2.05, 4.69) is 0 Å². The molecule has 0 spiro atoms. The third-order valence-electron chi connectivity index (χ3n) is 3.57. The number of benzene rings is 2. The summed E-state index contributed by atoms with van der Waals surface area (Å²) in [6.45, 7) is -0.417. The number of fused-ring (bicyclic) bond motifs is 1. The van der Waals surface area contributed by atoms with E-state index < -0.39 is 6.61 Å². The van der Waals surface area contributed by atoms with Crippen LogP contribution in [0, 0.1) is 0 Å². The van der Waals surface area contributed by atoms with Crippen molar-refractivity contribution in [2.75, 3.05) is 7.11 Å². The maximum Gasteiger partial charge on any atom is 0.200 e. The van der Waals surface area contributed by atoms with Crippen LogP contribution in [0.1, 0.15) is 5.56 Å². The molecular formula is C17H14O5. The Morgan fingerprint density at radius 1 is 1.14 bits per heavy atom. The SMILES string of the molecule is COc1ccccc1-c1coc2c(CO)c(O)ccc2c1=O. The van der Waals surface area contributed by atoms with Gasteiger partial charge in [0.25, 0.3) is 0 Å². The Morgan fingerprint density at radius 2 is 1.91 bits per heavy atom. The molecule has 2 N–H and O–H groups in total. The van der Waals surface area contributed by atoms with Gasteiger partial charge in [-0.2, -0.15) is 0 Å². The highest BCUT2D eigenvalue weighted by Crippen LogP contribution is 2.31. The van der Waals surface area contributed by atoms with E-state index in [4.69, 9.17) is 9.15 Å². The molecule has 0 aliphatic carbocycles. The molecule has 1 aromatic heterocycles. The molecule has 5 nitrogen and oxygen atoms in total. The Balaban J connectivity index is 2.33. The summed E-state index contributed by atoms with van der Waals surface area (Å²) in [5, 5.41) is 19.4. The largest absolute Gasteiger partial charge is 0.507 e. The summed E-state index contributed by atoms with van der Waals surface area (Å²) in [6.07, 6.45) is 1.32. The van der Waals surface area contributed by atoms with Gasteiger partial charge >= 0.3 is 0 Å². The second kappa shape index (κ2) is 5.54. The van der Waals surface area contributed by atoms with E-state index in [9.17, 15) is 15.0 Å². The lowest BCUT2D eigenvalue weighted by atomic mass is 10.0. The van der Waals surface area contributed by atoms with Crippen molar-refractivity contribution in [3.8, 4) is 22.6 Å². The maximum absolute atomic E-state index is 12.7. The lowest BCUT2D eigenvalue weighted by molar-refractivity contribution is 0.275. The average Bonchev–Trinajstić information content (AvgIpc) is 2.55. The van der Waals surface area contributed by atoms with Crippen molar-refractivity contribution in [1.82, 2.24) is 0 Å². The van der Waals surface area contributed by atoms with Gasteiger partial charge in [0.2, 0.25) is 5.43 Å². The Bertz CT molecular complexity index is 895. The number of hydrogen-bond acceptors (Lipinski definition) is 5. The predicted octanol–water partition coefficient (Wildman–Crippen LogP) is 2.67. The van der Waals surface area contributed by atoms with Crippen LogP contribution < -0.4 is 10.2 Å². The topological polar surface area (TPSA) is 79.9 Å². The minimum absolute atomic E-state index is 0.108. The van der Waals surface area contributed by atoms with Gasteiger partial charge in [-0.25, -0.2) is 0 Å². The molecule has 0 atom stereocenters. The fourth-order valence-electron chi connectivity index (χ4n) is 2.45. The van der Waals surface area contributed by atoms with Gasteiger partial charge in [0.05, 0.1) is 30.2 Å². The molecule has 0 unspecified atom stereocenters. The van der Waals surface area contributed by atoms with Crippen LogP contribution >= 0.6 is 0 Å². The van der Waals surface area contributed by atoms with Gasteiger partial charge in [-0.05, 0) is 18.2 Å². The van der Waals surface area contributed by atoms with Gasteiger partial charge in [0.1, 0.15) is 23.3 Å². The van der Waals surface area contributed by atoms with Crippen LogP contribution in [0.2, 0.25) is 0 Å². The van der Waals surface area contributed by atoms with Crippen LogP contribution in [0.5, 0.6) is 11.5 Å². The lowest BCUT2D eigenvalue weighted by Crippen LogP contribution is -2.06. The Morgan fingerprint density at radius 3 is 2.64 bits per heavy atom. The van der Waals surface area contributed by atoms with E-state index in [0.717, 1.165) is 0 Å². The van der Waals surface area contributed by atoms with Crippen LogP contribution in [0.25, 0.3) is 22.1 Å². The quantitative estimate of drug-likeness (QED) is 0.777. The minimum Gasteiger partial charge on any atom is -0.507 e. The number of aliphatic hydroxyl groups excluding tert-OH is 1. The smallest absolute Gasteiger partial charge is 0.200 e. The van der Waals surface area contributed by atoms with Gasteiger partial charge in [-0.1, -0.05) is 18.2 Å². The van der Waals surface area contributed by atoms with E-state index in [-0.39, 0.29) is 22.3 Å². The summed E-state index contributed by atoms with van der Waals surface area (Å²) in [6, 6.07) is 10.00. The van der Waals surface area contributed by atoms with Crippen LogP contribution in [-0.2, 0) is 6.61 Å². The molecule has 0 saturated heterocycles. The normalized spacial score (nSPS) is 10.8. The maximum atomic E-state index is 12.7. The first-order valence-electron chi connectivity index (χ1n) is 6.68. The fourth-order valence-corrected chi connectivity index (χ4v) is 2.45. The number of phenols is 1. The number of para-hydroxylation sites is 1. The van der Waals surface area contributed by atoms with Crippen molar-refractivity contribution in [2.45, 2.75) is 6.61 Å². The van der Waals surface area contributed by atoms with Gasteiger partial charge < -0.3 is 19.4 Å². The highest BCUT2D eigenvalue weighted by molar-refractivity contribution is 5.86. The Hall–Kier alpha value is -2.79. The van der Waals surface area contributed by atoms with E-state index in [0.29, 0.717) is 22.3 Å². The molecule has 0 radical (unpaired) electrons. The summed E-state index contributed by atoms with van der Waals surface area (Å²) in [4.78, 5) is 12.7. The number of ether oxygens (including phenoxy) is 1. The highest BCUT2D eigenvalue weighted by Gasteiger charge is 2.16. The molecule has 0 bridgehead atoms. The molecule has 2 aromatic carbocycles. The Labute approximate surface area is 126 Å². The van der Waals surface area contributed by atoms with Gasteiger partial charge in [-0.3, -0.25) is 4.79 Å². The second-order valence-corrected chi connectivity index (χ2v) is 4.78. The molecular weight excluding hydrogens is 284 g/mol. The number of aromatic hydroxyl groups is 1. The van der Waals surface area contributed by atoms with Crippen molar-refractivity contribution >= 4 is 11.0 Å². The molecule has 3 aromatic rings. The monoisotopic (exact) mass is 298 g/mol. The van der Waals surface area contributed by atoms with Gasteiger partial charge in [-0.15, -0.1) is 0 Å². The van der Waals surface area contributed by atoms with E-state index >= 15 is 0 Å². The number of aliphatic hydroxyl groups is 1. The summed E-state index contributed by atoms with van der Waals surface area (Å²) in [5.74, 6) is 0.457. The molecule has 0 aliphatic rings. The van der Waals surface area contributed by atoms with Crippen LogP contribution in [-0.4, -0.2) is 17.3 Å². The summed E-state index contributed by atoms with van der Waals surface area (Å²) in [5.41, 5.74) is 1.12. The molecule has 0 saturated carbocycles. The molecule has 1 heterocycles. The van der Waals surface area contributed by atoms with E-state index in [1.165, 1.54) is 25.5 Å². The highest BCUT2D eigenvalue weighted by atomic mass is 16.5. The third kappa shape index (κ3) is 2.12. The molecule has 0 fully saturated rings. The van der Waals surface area contributed by atoms with E-state index in [1.54, 1.807) is 18.2 Å². The molecule has 0 aliphatic heterocycles. The van der Waals surface area contributed by atoms with Crippen LogP contribution in [0.15, 0.2) is 51.9 Å². The second-order valence-electron chi connectivity index (χ2n) is 4.78. The van der Waals surface area contributed by atoms with Crippen molar-refractivity contribution in [3.05, 3.63) is 58.4 Å². The number of rotatable bonds is 3. The zero-order valence-electron chi connectivity index (χ0n) is 11.9. The lowest BCUT2D eigenvalue weighted by Gasteiger charge is -2.09. The standard InChI is InChI=1S/C17H14O5/c1-21-15-5-3-2-4-10(15)13-9-22-17-11(16(13)20)6-7-14(19)12(17)8-18/h2-7,9,18-19H,8H2,1H3. The zero-order valence-corrected chi connectivity index (χ0v) is 11.9. The average molecular weight is 298 g/mol. The third-order valence-corrected chi connectivity index (χ3v) is 3.57. The summed E-state index contributed by atoms with van der Waals surface area (Å²) < 4.78 is 10.8. The van der Waals surface area contributed by atoms with Gasteiger partial charge in [0.15, 0.2) is 0 Å². The first-order valence-corrected chi connectivity index (χ1v) is 6.68. The van der Waals surface area contributed by atoms with Gasteiger partial charge in [0, 0.05) is 5.56 Å². The van der Waals surface area contributed by atoms with Crippen LogP contribution in [0.4, 0.5) is 0 Å². The van der Waals surface area contributed by atoms with Crippen molar-refractivity contribution in [2.24, 2.45) is 0 Å². The van der Waals surface area contributed by atoms with Crippen molar-refractivity contribution in [1.29, 1.82) is 0 Å². The first kappa shape index (κ1) is 14.2. The van der Waals surface area contributed by atoms with Crippen molar-refractivity contribution in [3.63, 3.8) is 0 Å². The molecule has 22 heavy (non-hydrogen) atoms. The number of hydrogen-bond donors (Lipinski definition) is 2. The molecule has 5 heteroatoms. The predicted molar refractivity (Wildman–Crippen MR) is 82.1 cm³/mol. The minimum atomic E-state index is -0.417. The number of methoxy groups -OCH3 is 1. The summed E-state index contributed by atoms with van der Waals surface area (Å²) >= 11 is 0. The van der Waals surface area contributed by atoms with Crippen LogP contribution in [0.3, 0.4) is 0 Å². The Kier molecular flexibility index (Phi) is 3.56. The molecule has 112 valence electrons. The fraction of sp³-hybridized carbons (Fsp3) is 0.118. The molecule has 0 amide bonds. The van der Waals surface area contributed by atoms with E-state index in [1.807, 2.05) is 6.07 Å². The van der Waals surface area contributed by atoms with Crippen molar-refractivity contribution < 1.29 is 19.4 Å². The summed E-state index contributed by atoms with van der Waals surface area (Å²) in [7, 11) is 1.53. The molecule has 3 rings (SSSR count). The zero-order chi connectivity index (χ0) is 15.7. The first-order chi connectivity index (χ1) is 10.7.